The van der Waals surface area contributed by atoms with Crippen molar-refractivity contribution >= 4 is 17.0 Å². The smallest absolute Gasteiger partial charge is 0.219 e. The lowest BCUT2D eigenvalue weighted by atomic mass is 10.2. The van der Waals surface area contributed by atoms with E-state index in [1.54, 1.807) is 24.9 Å². The van der Waals surface area contributed by atoms with Crippen LogP contribution in [0.4, 0.5) is 5.95 Å². The molecular weight excluding hydrogens is 306 g/mol. The van der Waals surface area contributed by atoms with Crippen LogP contribution in [0.5, 0.6) is 0 Å². The van der Waals surface area contributed by atoms with Gasteiger partial charge in [0.2, 0.25) is 5.95 Å². The number of benzene rings is 1. The molecule has 3 N–H and O–H groups in total. The summed E-state index contributed by atoms with van der Waals surface area (Å²) in [6, 6.07) is 5.95. The number of hydrogen-bond donors (Lipinski definition) is 2. The number of aromatic nitrogens is 6. The highest BCUT2D eigenvalue weighted by Crippen LogP contribution is 2.23. The third-order valence-corrected chi connectivity index (χ3v) is 3.79. The summed E-state index contributed by atoms with van der Waals surface area (Å²) in [7, 11) is 0. The average Bonchev–Trinajstić information content (AvgIpc) is 3.23. The highest BCUT2D eigenvalue weighted by Gasteiger charge is 2.10. The lowest BCUT2D eigenvalue weighted by Gasteiger charge is -2.08. The van der Waals surface area contributed by atoms with Gasteiger partial charge in [-0.15, -0.1) is 0 Å². The summed E-state index contributed by atoms with van der Waals surface area (Å²) in [6.45, 7) is 0.602. The molecule has 24 heavy (non-hydrogen) atoms. The number of hydrogen-bond acceptors (Lipinski definition) is 6. The van der Waals surface area contributed by atoms with Gasteiger partial charge in [-0.3, -0.25) is 4.57 Å². The van der Waals surface area contributed by atoms with Gasteiger partial charge in [0.05, 0.1) is 29.5 Å². The number of aliphatic hydroxyl groups excluding tert-OH is 1. The zero-order valence-electron chi connectivity index (χ0n) is 12.7. The molecule has 0 fully saturated rings. The molecule has 0 amide bonds. The molecule has 0 saturated carbocycles. The molecule has 3 aromatic heterocycles. The van der Waals surface area contributed by atoms with Crippen LogP contribution >= 0.6 is 0 Å². The van der Waals surface area contributed by atoms with Crippen molar-refractivity contribution in [2.45, 2.75) is 6.54 Å². The molecular formula is C16H15N7O. The van der Waals surface area contributed by atoms with Crippen LogP contribution in [0.25, 0.3) is 28.1 Å². The van der Waals surface area contributed by atoms with Gasteiger partial charge in [0.25, 0.3) is 0 Å². The van der Waals surface area contributed by atoms with Crippen LogP contribution in [-0.4, -0.2) is 40.8 Å². The molecule has 8 heteroatoms. The van der Waals surface area contributed by atoms with E-state index in [9.17, 15) is 0 Å². The lowest BCUT2D eigenvalue weighted by Crippen LogP contribution is -2.01. The van der Waals surface area contributed by atoms with Crippen LogP contribution in [0.3, 0.4) is 0 Å². The van der Waals surface area contributed by atoms with Crippen LogP contribution in [0, 0.1) is 0 Å². The average molecular weight is 321 g/mol. The van der Waals surface area contributed by atoms with E-state index in [0.29, 0.717) is 6.54 Å². The number of nitrogens with zero attached hydrogens (tertiary/aromatic N) is 6. The molecule has 4 rings (SSSR count). The van der Waals surface area contributed by atoms with Crippen molar-refractivity contribution in [2.75, 3.05) is 12.3 Å². The monoisotopic (exact) mass is 321 g/mol. The highest BCUT2D eigenvalue weighted by molar-refractivity contribution is 5.78. The third-order valence-electron chi connectivity index (χ3n) is 3.79. The van der Waals surface area contributed by atoms with Gasteiger partial charge in [0.15, 0.2) is 0 Å². The van der Waals surface area contributed by atoms with Crippen LogP contribution < -0.4 is 5.73 Å². The minimum Gasteiger partial charge on any atom is -0.395 e. The summed E-state index contributed by atoms with van der Waals surface area (Å²) in [5, 5.41) is 9.10. The Morgan fingerprint density at radius 3 is 2.71 bits per heavy atom. The first-order chi connectivity index (χ1) is 11.8. The SMILES string of the molecule is Nc1ncc(-c2nccn2-c2ccc3c(c2)ncn3CCO)cn1. The number of nitrogen functional groups attached to an aromatic ring is 1. The van der Waals surface area contributed by atoms with Crippen molar-refractivity contribution in [1.82, 2.24) is 29.1 Å². The van der Waals surface area contributed by atoms with Crippen molar-refractivity contribution in [1.29, 1.82) is 0 Å². The van der Waals surface area contributed by atoms with E-state index in [2.05, 4.69) is 19.9 Å². The molecule has 8 nitrogen and oxygen atoms in total. The standard InChI is InChI=1S/C16H15N7O/c17-16-19-8-11(9-20-16)15-18-3-4-23(15)12-1-2-14-13(7-12)21-10-22(14)5-6-24/h1-4,7-10,24H,5-6H2,(H2,17,19,20). The number of fused-ring (bicyclic) bond motifs is 1. The Hall–Kier alpha value is -3.26. The van der Waals surface area contributed by atoms with Gasteiger partial charge in [-0.1, -0.05) is 0 Å². The zero-order chi connectivity index (χ0) is 16.5. The molecule has 120 valence electrons. The topological polar surface area (TPSA) is 108 Å². The Bertz CT molecular complexity index is 987. The van der Waals surface area contributed by atoms with Crippen molar-refractivity contribution in [3.63, 3.8) is 0 Å². The Labute approximate surface area is 137 Å². The second-order valence-corrected chi connectivity index (χ2v) is 5.29. The maximum absolute atomic E-state index is 9.10. The predicted octanol–water partition coefficient (Wildman–Crippen LogP) is 1.25. The van der Waals surface area contributed by atoms with Gasteiger partial charge in [-0.05, 0) is 18.2 Å². The molecule has 0 atom stereocenters. The molecule has 0 aliphatic carbocycles. The largest absolute Gasteiger partial charge is 0.395 e. The quantitative estimate of drug-likeness (QED) is 0.586. The molecule has 0 radical (unpaired) electrons. The summed E-state index contributed by atoms with van der Waals surface area (Å²) in [5.74, 6) is 0.955. The van der Waals surface area contributed by atoms with Gasteiger partial charge in [0.1, 0.15) is 5.82 Å². The fraction of sp³-hybridized carbons (Fsp3) is 0.125. The molecule has 0 spiro atoms. The van der Waals surface area contributed by atoms with E-state index in [4.69, 9.17) is 10.8 Å². The maximum Gasteiger partial charge on any atom is 0.219 e. The van der Waals surface area contributed by atoms with Gasteiger partial charge < -0.3 is 15.4 Å². The highest BCUT2D eigenvalue weighted by atomic mass is 16.3. The zero-order valence-corrected chi connectivity index (χ0v) is 12.7. The number of anilines is 1. The molecule has 1 aromatic carbocycles. The summed E-state index contributed by atoms with van der Waals surface area (Å²) in [6.07, 6.45) is 8.62. The molecule has 4 aromatic rings. The van der Waals surface area contributed by atoms with Crippen molar-refractivity contribution < 1.29 is 5.11 Å². The lowest BCUT2D eigenvalue weighted by molar-refractivity contribution is 0.278. The van der Waals surface area contributed by atoms with Gasteiger partial charge in [0, 0.05) is 37.0 Å². The van der Waals surface area contributed by atoms with Crippen LogP contribution in [0.1, 0.15) is 0 Å². The van der Waals surface area contributed by atoms with Crippen molar-refractivity contribution in [3.8, 4) is 17.1 Å². The first-order valence-corrected chi connectivity index (χ1v) is 7.43. The molecule has 0 unspecified atom stereocenters. The maximum atomic E-state index is 9.10. The summed E-state index contributed by atoms with van der Waals surface area (Å²) >= 11 is 0. The van der Waals surface area contributed by atoms with Crippen LogP contribution in [-0.2, 0) is 6.54 Å². The summed E-state index contributed by atoms with van der Waals surface area (Å²) in [4.78, 5) is 16.8. The van der Waals surface area contributed by atoms with E-state index in [1.165, 1.54) is 0 Å². The Balaban J connectivity index is 1.78. The van der Waals surface area contributed by atoms with Crippen molar-refractivity contribution in [3.05, 3.63) is 49.3 Å². The number of aliphatic hydroxyl groups is 1. The molecule has 0 bridgehead atoms. The number of imidazole rings is 2. The molecule has 3 heterocycles. The fourth-order valence-corrected chi connectivity index (χ4v) is 2.67. The second kappa shape index (κ2) is 5.74. The van der Waals surface area contributed by atoms with E-state index < -0.39 is 0 Å². The molecule has 0 aliphatic rings. The Kier molecular flexibility index (Phi) is 3.43. The predicted molar refractivity (Wildman–Crippen MR) is 89.4 cm³/mol. The van der Waals surface area contributed by atoms with Gasteiger partial charge in [-0.25, -0.2) is 19.9 Å². The third kappa shape index (κ3) is 2.38. The van der Waals surface area contributed by atoms with E-state index in [-0.39, 0.29) is 12.6 Å². The Morgan fingerprint density at radius 1 is 1.08 bits per heavy atom. The van der Waals surface area contributed by atoms with E-state index >= 15 is 0 Å². The fourth-order valence-electron chi connectivity index (χ4n) is 2.67. The molecule has 0 aliphatic heterocycles. The first-order valence-electron chi connectivity index (χ1n) is 7.43. The summed E-state index contributed by atoms with van der Waals surface area (Å²) in [5.41, 5.74) is 9.08. The van der Waals surface area contributed by atoms with Crippen LogP contribution in [0.2, 0.25) is 0 Å². The number of nitrogens with two attached hydrogens (primary N) is 1. The number of rotatable bonds is 4. The van der Waals surface area contributed by atoms with Gasteiger partial charge >= 0.3 is 0 Å². The first kappa shape index (κ1) is 14.3. The summed E-state index contributed by atoms with van der Waals surface area (Å²) < 4.78 is 3.86. The van der Waals surface area contributed by atoms with Crippen LogP contribution in [0.15, 0.2) is 49.3 Å². The van der Waals surface area contributed by atoms with Crippen molar-refractivity contribution in [2.24, 2.45) is 0 Å². The minimum absolute atomic E-state index is 0.0794. The Morgan fingerprint density at radius 2 is 1.92 bits per heavy atom. The minimum atomic E-state index is 0.0794. The van der Waals surface area contributed by atoms with E-state index in [1.807, 2.05) is 33.5 Å². The van der Waals surface area contributed by atoms with E-state index in [0.717, 1.165) is 28.1 Å². The normalized spacial score (nSPS) is 11.2. The molecule has 0 saturated heterocycles. The second-order valence-electron chi connectivity index (χ2n) is 5.29. The van der Waals surface area contributed by atoms with Gasteiger partial charge in [-0.2, -0.15) is 0 Å².